The Hall–Kier alpha value is -4.54. The van der Waals surface area contributed by atoms with Crippen LogP contribution >= 0.6 is 0 Å². The van der Waals surface area contributed by atoms with E-state index in [0.29, 0.717) is 42.5 Å². The Morgan fingerprint density at radius 1 is 1.00 bits per heavy atom. The van der Waals surface area contributed by atoms with E-state index in [4.69, 9.17) is 14.5 Å². The monoisotopic (exact) mass is 574 g/mol. The minimum absolute atomic E-state index is 0.164. The number of hydrogen-bond donors (Lipinski definition) is 1. The summed E-state index contributed by atoms with van der Waals surface area (Å²) in [6, 6.07) is 17.1. The molecule has 3 heterocycles. The highest BCUT2D eigenvalue weighted by molar-refractivity contribution is 5.75. The maximum Gasteiger partial charge on any atom is 0.407 e. The van der Waals surface area contributed by atoms with E-state index in [9.17, 15) is 14.4 Å². The first kappa shape index (κ1) is 29.0. The van der Waals surface area contributed by atoms with Crippen LogP contribution < -0.4 is 26.2 Å². The fourth-order valence-electron chi connectivity index (χ4n) is 5.31. The van der Waals surface area contributed by atoms with Gasteiger partial charge in [0.05, 0.1) is 20.2 Å². The first-order chi connectivity index (χ1) is 20.0. The maximum absolute atomic E-state index is 13.7. The molecule has 11 heteroatoms. The first-order valence-electron chi connectivity index (χ1n) is 14.2. The summed E-state index contributed by atoms with van der Waals surface area (Å²) < 4.78 is 15.3. The summed E-state index contributed by atoms with van der Waals surface area (Å²) >= 11 is 0. The van der Waals surface area contributed by atoms with Crippen molar-refractivity contribution >= 4 is 23.2 Å². The van der Waals surface area contributed by atoms with E-state index >= 15 is 0 Å². The summed E-state index contributed by atoms with van der Waals surface area (Å²) in [6.45, 7) is 7.29. The number of piperidine rings is 1. The van der Waals surface area contributed by atoms with Crippen molar-refractivity contribution in [2.75, 3.05) is 25.1 Å². The second kappa shape index (κ2) is 11.8. The van der Waals surface area contributed by atoms with E-state index in [-0.39, 0.29) is 12.6 Å². The number of nitrogens with zero attached hydrogens (tertiary/aromatic N) is 5. The molecule has 0 radical (unpaired) electrons. The molecule has 11 nitrogen and oxygen atoms in total. The van der Waals surface area contributed by atoms with Crippen LogP contribution in [0, 0.1) is 0 Å². The van der Waals surface area contributed by atoms with Crippen molar-refractivity contribution in [1.29, 1.82) is 0 Å². The fourth-order valence-corrected chi connectivity index (χ4v) is 5.31. The number of methoxy groups -OCH3 is 1. The Labute approximate surface area is 244 Å². The molecule has 2 aromatic heterocycles. The summed E-state index contributed by atoms with van der Waals surface area (Å²) in [5.41, 5.74) is 1.10. The van der Waals surface area contributed by atoms with E-state index in [0.717, 1.165) is 28.5 Å². The van der Waals surface area contributed by atoms with Gasteiger partial charge in [0.2, 0.25) is 5.95 Å². The minimum atomic E-state index is -0.601. The topological polar surface area (TPSA) is 113 Å². The van der Waals surface area contributed by atoms with Crippen molar-refractivity contribution in [3.05, 3.63) is 86.6 Å². The Morgan fingerprint density at radius 2 is 1.67 bits per heavy atom. The van der Waals surface area contributed by atoms with Crippen molar-refractivity contribution in [3.8, 4) is 5.75 Å². The van der Waals surface area contributed by atoms with Crippen LogP contribution in [0.4, 0.5) is 10.7 Å². The lowest BCUT2D eigenvalue weighted by Crippen LogP contribution is -2.49. The molecule has 2 aromatic carbocycles. The molecule has 1 saturated heterocycles. The van der Waals surface area contributed by atoms with Crippen LogP contribution in [0.3, 0.4) is 0 Å². The van der Waals surface area contributed by atoms with Crippen LogP contribution in [0.5, 0.6) is 5.75 Å². The van der Waals surface area contributed by atoms with E-state index in [1.165, 1.54) is 7.05 Å². The molecule has 1 aliphatic heterocycles. The molecule has 1 fully saturated rings. The Morgan fingerprint density at radius 3 is 2.33 bits per heavy atom. The van der Waals surface area contributed by atoms with Gasteiger partial charge in [-0.3, -0.25) is 18.5 Å². The van der Waals surface area contributed by atoms with Gasteiger partial charge in [-0.05, 0) is 56.9 Å². The number of ether oxygens (including phenoxy) is 2. The van der Waals surface area contributed by atoms with Crippen LogP contribution in [-0.4, -0.2) is 56.6 Å². The number of carbonyl (C=O) groups is 1. The number of rotatable bonds is 7. The predicted molar refractivity (Wildman–Crippen MR) is 161 cm³/mol. The molecule has 0 spiro atoms. The van der Waals surface area contributed by atoms with Gasteiger partial charge in [0.25, 0.3) is 5.56 Å². The summed E-state index contributed by atoms with van der Waals surface area (Å²) in [7, 11) is 3.10. The van der Waals surface area contributed by atoms with Crippen LogP contribution in [0.1, 0.15) is 44.7 Å². The van der Waals surface area contributed by atoms with Gasteiger partial charge in [0.1, 0.15) is 11.4 Å². The van der Waals surface area contributed by atoms with Gasteiger partial charge in [0, 0.05) is 26.2 Å². The number of aromatic nitrogens is 4. The molecule has 0 saturated carbocycles. The second-order valence-electron chi connectivity index (χ2n) is 11.7. The number of imidazole rings is 1. The number of alkyl carbamates (subject to hydrolysis) is 1. The van der Waals surface area contributed by atoms with E-state index < -0.39 is 22.9 Å². The Bertz CT molecular complexity index is 1680. The minimum Gasteiger partial charge on any atom is -0.497 e. The highest BCUT2D eigenvalue weighted by Crippen LogP contribution is 2.25. The molecule has 1 amide bonds. The van der Waals surface area contributed by atoms with Crippen LogP contribution in [0.15, 0.2) is 64.2 Å². The van der Waals surface area contributed by atoms with Gasteiger partial charge in [-0.15, -0.1) is 0 Å². The van der Waals surface area contributed by atoms with Crippen molar-refractivity contribution in [1.82, 2.24) is 24.0 Å². The zero-order valence-electron chi connectivity index (χ0n) is 24.8. The molecular weight excluding hydrogens is 536 g/mol. The molecule has 222 valence electrons. The molecule has 0 unspecified atom stereocenters. The lowest BCUT2D eigenvalue weighted by Gasteiger charge is -2.34. The van der Waals surface area contributed by atoms with Gasteiger partial charge in [-0.1, -0.05) is 42.5 Å². The average Bonchev–Trinajstić information content (AvgIpc) is 3.33. The molecule has 0 aliphatic carbocycles. The number of hydrogen-bond acceptors (Lipinski definition) is 7. The zero-order chi connectivity index (χ0) is 30.0. The largest absolute Gasteiger partial charge is 0.497 e. The number of nitrogens with one attached hydrogen (secondary N) is 1. The van der Waals surface area contributed by atoms with Gasteiger partial charge in [-0.25, -0.2) is 9.59 Å². The van der Waals surface area contributed by atoms with E-state index in [1.54, 1.807) is 11.7 Å². The summed E-state index contributed by atoms with van der Waals surface area (Å²) in [6.07, 6.45) is 1.14. The normalized spacial score (nSPS) is 15.5. The van der Waals surface area contributed by atoms with E-state index in [2.05, 4.69) is 10.2 Å². The Kier molecular flexibility index (Phi) is 8.11. The lowest BCUT2D eigenvalue weighted by molar-refractivity contribution is 0.0499. The standard InChI is InChI=1S/C31H38N6O5/c1-31(2,3)42-29(39)32-23-12-9-17-35(20-23)28-33-26-25(36(28)18-21-10-7-6-8-11-21)27(38)34(4)30(40)37(26)19-22-13-15-24(41-5)16-14-22/h6-8,10-11,13-16,23H,9,12,17-20H2,1-5H3,(H,32,39)/t23-/m0/s1. The van der Waals surface area contributed by atoms with Gasteiger partial charge >= 0.3 is 11.8 Å². The second-order valence-corrected chi connectivity index (χ2v) is 11.7. The maximum atomic E-state index is 13.7. The van der Waals surface area contributed by atoms with E-state index in [1.807, 2.05) is 79.9 Å². The molecule has 0 bridgehead atoms. The van der Waals surface area contributed by atoms with Crippen molar-refractivity contribution in [2.45, 2.75) is 58.3 Å². The van der Waals surface area contributed by atoms with Crippen LogP contribution in [0.2, 0.25) is 0 Å². The number of anilines is 1. The lowest BCUT2D eigenvalue weighted by atomic mass is 10.1. The molecule has 5 rings (SSSR count). The highest BCUT2D eigenvalue weighted by atomic mass is 16.6. The van der Waals surface area contributed by atoms with Gasteiger partial charge in [-0.2, -0.15) is 4.98 Å². The molecule has 1 N–H and O–H groups in total. The first-order valence-corrected chi connectivity index (χ1v) is 14.2. The van der Waals surface area contributed by atoms with Crippen LogP contribution in [-0.2, 0) is 24.9 Å². The molecule has 42 heavy (non-hydrogen) atoms. The predicted octanol–water partition coefficient (Wildman–Crippen LogP) is 3.50. The molecular formula is C31H38N6O5. The van der Waals surface area contributed by atoms with Crippen molar-refractivity contribution in [3.63, 3.8) is 0 Å². The average molecular weight is 575 g/mol. The molecule has 1 atom stereocenters. The third-order valence-electron chi connectivity index (χ3n) is 7.32. The smallest absolute Gasteiger partial charge is 0.407 e. The van der Waals surface area contributed by atoms with Crippen LogP contribution in [0.25, 0.3) is 11.2 Å². The Balaban J connectivity index is 1.59. The quantitative estimate of drug-likeness (QED) is 0.360. The van der Waals surface area contributed by atoms with Gasteiger partial charge < -0.3 is 19.7 Å². The highest BCUT2D eigenvalue weighted by Gasteiger charge is 2.29. The number of fused-ring (bicyclic) bond motifs is 1. The third-order valence-corrected chi connectivity index (χ3v) is 7.32. The number of amides is 1. The zero-order valence-corrected chi connectivity index (χ0v) is 24.8. The molecule has 4 aromatic rings. The summed E-state index contributed by atoms with van der Waals surface area (Å²) in [4.78, 5) is 46.7. The molecule has 1 aliphatic rings. The number of carbonyl (C=O) groups excluding carboxylic acids is 1. The van der Waals surface area contributed by atoms with Crippen molar-refractivity contribution < 1.29 is 14.3 Å². The van der Waals surface area contributed by atoms with Crippen molar-refractivity contribution in [2.24, 2.45) is 7.05 Å². The summed E-state index contributed by atoms with van der Waals surface area (Å²) in [5.74, 6) is 1.29. The SMILES string of the molecule is COc1ccc(Cn2c(=O)n(C)c(=O)c3c2nc(N2CCC[C@H](NC(=O)OC(C)(C)C)C2)n3Cc2ccccc2)cc1. The number of benzene rings is 2. The summed E-state index contributed by atoms with van der Waals surface area (Å²) in [5, 5.41) is 2.99. The third kappa shape index (κ3) is 6.19. The fraction of sp³-hybridized carbons (Fsp3) is 0.419. The van der Waals surface area contributed by atoms with Gasteiger partial charge in [0.15, 0.2) is 11.2 Å².